The Kier molecular flexibility index (Phi) is 6.42. The van der Waals surface area contributed by atoms with Gasteiger partial charge < -0.3 is 18.8 Å². The highest BCUT2D eigenvalue weighted by atomic mass is 32.2. The van der Waals surface area contributed by atoms with Gasteiger partial charge in [0.15, 0.2) is 10.9 Å². The number of Topliss-reactive ketones (excluding diaryl/α,β-unsaturated/α-hetero) is 1. The van der Waals surface area contributed by atoms with Gasteiger partial charge >= 0.3 is 0 Å². The molecule has 0 fully saturated rings. The molecule has 1 aromatic heterocycles. The fraction of sp³-hybridized carbons (Fsp3) is 0.400. The van der Waals surface area contributed by atoms with Crippen LogP contribution in [0.2, 0.25) is 0 Å². The fourth-order valence-corrected chi connectivity index (χ4v) is 2.76. The van der Waals surface area contributed by atoms with Gasteiger partial charge in [0.1, 0.15) is 17.8 Å². The molecule has 0 unspecified atom stereocenters. The van der Waals surface area contributed by atoms with E-state index >= 15 is 0 Å². The van der Waals surface area contributed by atoms with Gasteiger partial charge in [-0.1, -0.05) is 11.8 Å². The zero-order valence-electron chi connectivity index (χ0n) is 13.3. The van der Waals surface area contributed by atoms with Crippen LogP contribution in [-0.4, -0.2) is 54.2 Å². The van der Waals surface area contributed by atoms with Crippen molar-refractivity contribution in [2.24, 2.45) is 0 Å². The molecule has 0 N–H and O–H groups in total. The second-order valence-corrected chi connectivity index (χ2v) is 5.52. The molecule has 2 aromatic rings. The molecule has 0 atom stereocenters. The zero-order chi connectivity index (χ0) is 16.7. The molecule has 0 radical (unpaired) electrons. The van der Waals surface area contributed by atoms with Crippen molar-refractivity contribution in [3.63, 3.8) is 0 Å². The lowest BCUT2D eigenvalue weighted by Gasteiger charge is -2.09. The van der Waals surface area contributed by atoms with Crippen LogP contribution < -0.4 is 9.47 Å². The minimum absolute atomic E-state index is 0.0456. The van der Waals surface area contributed by atoms with Crippen LogP contribution in [0, 0.1) is 0 Å². The predicted molar refractivity (Wildman–Crippen MR) is 86.5 cm³/mol. The molecule has 0 saturated heterocycles. The summed E-state index contributed by atoms with van der Waals surface area (Å²) >= 11 is 1.33. The Morgan fingerprint density at radius 3 is 2.78 bits per heavy atom. The van der Waals surface area contributed by atoms with E-state index in [2.05, 4.69) is 10.2 Å². The largest absolute Gasteiger partial charge is 0.497 e. The van der Waals surface area contributed by atoms with Crippen molar-refractivity contribution in [2.45, 2.75) is 11.7 Å². The van der Waals surface area contributed by atoms with Gasteiger partial charge in [0, 0.05) is 19.7 Å². The number of thioether (sulfide) groups is 1. The van der Waals surface area contributed by atoms with Crippen LogP contribution in [0.15, 0.2) is 29.7 Å². The first-order valence-electron chi connectivity index (χ1n) is 6.94. The van der Waals surface area contributed by atoms with Crippen LogP contribution in [0.3, 0.4) is 0 Å². The van der Waals surface area contributed by atoms with E-state index < -0.39 is 0 Å². The quantitative estimate of drug-likeness (QED) is 0.511. The molecule has 1 heterocycles. The Morgan fingerprint density at radius 1 is 1.26 bits per heavy atom. The van der Waals surface area contributed by atoms with Crippen LogP contribution in [0.1, 0.15) is 10.4 Å². The lowest BCUT2D eigenvalue weighted by atomic mass is 10.1. The maximum atomic E-state index is 12.4. The van der Waals surface area contributed by atoms with Crippen LogP contribution in [-0.2, 0) is 11.3 Å². The number of hydrogen-bond donors (Lipinski definition) is 0. The topological polar surface area (TPSA) is 75.5 Å². The van der Waals surface area contributed by atoms with Gasteiger partial charge in [0.2, 0.25) is 0 Å². The van der Waals surface area contributed by atoms with E-state index in [1.807, 2.05) is 4.57 Å². The van der Waals surface area contributed by atoms with Gasteiger partial charge in [-0.05, 0) is 12.1 Å². The number of nitrogens with zero attached hydrogens (tertiary/aromatic N) is 3. The predicted octanol–water partition coefficient (Wildman–Crippen LogP) is 1.92. The molecule has 0 amide bonds. The average molecular weight is 337 g/mol. The molecule has 0 bridgehead atoms. The number of rotatable bonds is 9. The van der Waals surface area contributed by atoms with Crippen molar-refractivity contribution in [3.05, 3.63) is 30.1 Å². The monoisotopic (exact) mass is 337 g/mol. The van der Waals surface area contributed by atoms with Crippen LogP contribution in [0.25, 0.3) is 0 Å². The second-order valence-electron chi connectivity index (χ2n) is 4.58. The number of ketones is 1. The maximum Gasteiger partial charge on any atom is 0.191 e. The molecule has 0 aliphatic heterocycles. The standard InChI is InChI=1S/C15H19N3O4S/c1-20-7-6-18-10-16-17-15(18)23-9-13(19)12-5-4-11(21-2)8-14(12)22-3/h4-5,8,10H,6-7,9H2,1-3H3. The summed E-state index contributed by atoms with van der Waals surface area (Å²) in [5.74, 6) is 1.34. The molecule has 0 aliphatic rings. The number of carbonyl (C=O) groups excluding carboxylic acids is 1. The van der Waals surface area contributed by atoms with E-state index in [0.717, 1.165) is 0 Å². The average Bonchev–Trinajstić information content (AvgIpc) is 3.04. The highest BCUT2D eigenvalue weighted by Gasteiger charge is 2.15. The number of hydrogen-bond acceptors (Lipinski definition) is 7. The Hall–Kier alpha value is -2.06. The van der Waals surface area contributed by atoms with Gasteiger partial charge in [0.25, 0.3) is 0 Å². The summed E-state index contributed by atoms with van der Waals surface area (Å²) in [7, 11) is 4.73. The highest BCUT2D eigenvalue weighted by Crippen LogP contribution is 2.26. The van der Waals surface area contributed by atoms with Gasteiger partial charge in [-0.3, -0.25) is 4.79 Å². The van der Waals surface area contributed by atoms with Gasteiger partial charge in [0.05, 0.1) is 32.1 Å². The molecule has 7 nitrogen and oxygen atoms in total. The maximum absolute atomic E-state index is 12.4. The molecule has 1 aromatic carbocycles. The lowest BCUT2D eigenvalue weighted by molar-refractivity contribution is 0.101. The summed E-state index contributed by atoms with van der Waals surface area (Å²) in [5, 5.41) is 8.57. The van der Waals surface area contributed by atoms with Gasteiger partial charge in [-0.25, -0.2) is 0 Å². The van der Waals surface area contributed by atoms with Gasteiger partial charge in [-0.15, -0.1) is 10.2 Å². The first-order chi connectivity index (χ1) is 11.2. The van der Waals surface area contributed by atoms with E-state index in [0.29, 0.717) is 35.4 Å². The third-order valence-corrected chi connectivity index (χ3v) is 4.14. The van der Waals surface area contributed by atoms with Crippen LogP contribution in [0.5, 0.6) is 11.5 Å². The summed E-state index contributed by atoms with van der Waals surface area (Å²) in [6.45, 7) is 1.21. The van der Waals surface area contributed by atoms with Crippen molar-refractivity contribution >= 4 is 17.5 Å². The number of ether oxygens (including phenoxy) is 3. The van der Waals surface area contributed by atoms with E-state index in [-0.39, 0.29) is 11.5 Å². The number of methoxy groups -OCH3 is 3. The Labute approximate surface area is 138 Å². The summed E-state index contributed by atoms with van der Waals surface area (Å²) in [4.78, 5) is 12.4. The minimum atomic E-state index is -0.0456. The van der Waals surface area contributed by atoms with Crippen molar-refractivity contribution in [1.82, 2.24) is 14.8 Å². The summed E-state index contributed by atoms with van der Waals surface area (Å²) in [6.07, 6.45) is 1.62. The second kappa shape index (κ2) is 8.54. The van der Waals surface area contributed by atoms with Crippen molar-refractivity contribution in [1.29, 1.82) is 0 Å². The fourth-order valence-electron chi connectivity index (χ4n) is 1.94. The third-order valence-electron chi connectivity index (χ3n) is 3.16. The first kappa shape index (κ1) is 17.3. The molecule has 0 aliphatic carbocycles. The minimum Gasteiger partial charge on any atom is -0.497 e. The molecule has 2 rings (SSSR count). The van der Waals surface area contributed by atoms with E-state index in [9.17, 15) is 4.79 Å². The Balaban J connectivity index is 2.04. The van der Waals surface area contributed by atoms with Crippen LogP contribution in [0.4, 0.5) is 0 Å². The molecule has 0 saturated carbocycles. The van der Waals surface area contributed by atoms with Crippen LogP contribution >= 0.6 is 11.8 Å². The van der Waals surface area contributed by atoms with Gasteiger partial charge in [-0.2, -0.15) is 0 Å². The van der Waals surface area contributed by atoms with E-state index in [1.54, 1.807) is 38.7 Å². The van der Waals surface area contributed by atoms with E-state index in [4.69, 9.17) is 14.2 Å². The number of aromatic nitrogens is 3. The molecular formula is C15H19N3O4S. The number of benzene rings is 1. The molecular weight excluding hydrogens is 318 g/mol. The normalized spacial score (nSPS) is 10.6. The summed E-state index contributed by atoms with van der Waals surface area (Å²) in [5.41, 5.74) is 0.517. The molecule has 0 spiro atoms. The number of carbonyl (C=O) groups is 1. The van der Waals surface area contributed by atoms with Crippen molar-refractivity contribution in [3.8, 4) is 11.5 Å². The third kappa shape index (κ3) is 4.46. The lowest BCUT2D eigenvalue weighted by Crippen LogP contribution is -2.08. The highest BCUT2D eigenvalue weighted by molar-refractivity contribution is 7.99. The van der Waals surface area contributed by atoms with Crippen molar-refractivity contribution in [2.75, 3.05) is 33.7 Å². The molecule has 8 heteroatoms. The summed E-state index contributed by atoms with van der Waals surface area (Å²) < 4.78 is 17.3. The molecule has 124 valence electrons. The first-order valence-corrected chi connectivity index (χ1v) is 7.93. The smallest absolute Gasteiger partial charge is 0.191 e. The molecule has 23 heavy (non-hydrogen) atoms. The SMILES string of the molecule is COCCn1cnnc1SCC(=O)c1ccc(OC)cc1OC. The zero-order valence-corrected chi connectivity index (χ0v) is 14.1. The van der Waals surface area contributed by atoms with E-state index in [1.165, 1.54) is 18.9 Å². The Bertz CT molecular complexity index is 660. The van der Waals surface area contributed by atoms with Crippen molar-refractivity contribution < 1.29 is 19.0 Å². The Morgan fingerprint density at radius 2 is 2.09 bits per heavy atom. The summed E-state index contributed by atoms with van der Waals surface area (Å²) in [6, 6.07) is 5.14.